The van der Waals surface area contributed by atoms with Crippen molar-refractivity contribution in [1.82, 2.24) is 4.98 Å². The van der Waals surface area contributed by atoms with Gasteiger partial charge in [0.15, 0.2) is 0 Å². The number of amidine groups is 1. The number of ether oxygens (including phenoxy) is 2. The summed E-state index contributed by atoms with van der Waals surface area (Å²) in [4.78, 5) is 11.6. The molecule has 1 spiro atoms. The van der Waals surface area contributed by atoms with Crippen molar-refractivity contribution in [3.05, 3.63) is 29.3 Å². The molecule has 7 heteroatoms. The standard InChI is InChI=1S/C23H31N5O2/c1-3-17(13-24)10-20(25-2)26-21-11-19(18-4-7-29-8-5-18)12-22(27-21)28-14-23(15-28)6-9-30-16-23/h10-12,18H,3-9,14-16H2,1-2H3,(H,25,26,27)/b17-10+. The van der Waals surface area contributed by atoms with Crippen molar-refractivity contribution in [2.75, 3.05) is 56.8 Å². The summed E-state index contributed by atoms with van der Waals surface area (Å²) in [7, 11) is 1.73. The number of aromatic nitrogens is 1. The van der Waals surface area contributed by atoms with Gasteiger partial charge in [-0.15, -0.1) is 0 Å². The maximum Gasteiger partial charge on any atom is 0.134 e. The van der Waals surface area contributed by atoms with Crippen LogP contribution < -0.4 is 10.2 Å². The molecule has 3 aliphatic rings. The van der Waals surface area contributed by atoms with Gasteiger partial charge in [-0.1, -0.05) is 6.92 Å². The first-order chi connectivity index (χ1) is 14.6. The summed E-state index contributed by atoms with van der Waals surface area (Å²) in [6.07, 6.45) is 5.68. The second-order valence-corrected chi connectivity index (χ2v) is 8.56. The summed E-state index contributed by atoms with van der Waals surface area (Å²) in [5.74, 6) is 2.92. The van der Waals surface area contributed by atoms with Gasteiger partial charge in [-0.25, -0.2) is 4.98 Å². The van der Waals surface area contributed by atoms with Crippen LogP contribution in [-0.4, -0.2) is 57.4 Å². The van der Waals surface area contributed by atoms with E-state index in [4.69, 9.17) is 14.5 Å². The first kappa shape index (κ1) is 20.8. The van der Waals surface area contributed by atoms with E-state index in [1.807, 2.05) is 6.92 Å². The summed E-state index contributed by atoms with van der Waals surface area (Å²) in [6, 6.07) is 6.60. The van der Waals surface area contributed by atoms with Crippen LogP contribution in [0.1, 0.15) is 44.1 Å². The first-order valence-corrected chi connectivity index (χ1v) is 10.9. The minimum Gasteiger partial charge on any atom is -0.381 e. The predicted octanol–water partition coefficient (Wildman–Crippen LogP) is 3.50. The predicted molar refractivity (Wildman–Crippen MR) is 118 cm³/mol. The lowest BCUT2D eigenvalue weighted by Gasteiger charge is -2.48. The van der Waals surface area contributed by atoms with Crippen LogP contribution in [0.4, 0.5) is 11.6 Å². The number of nitriles is 1. The first-order valence-electron chi connectivity index (χ1n) is 10.9. The third kappa shape index (κ3) is 4.50. The molecule has 1 aromatic rings. The largest absolute Gasteiger partial charge is 0.381 e. The van der Waals surface area contributed by atoms with Gasteiger partial charge in [-0.05, 0) is 55.4 Å². The van der Waals surface area contributed by atoms with Gasteiger partial charge in [0.25, 0.3) is 0 Å². The minimum atomic E-state index is 0.311. The maximum atomic E-state index is 9.26. The van der Waals surface area contributed by atoms with E-state index in [1.165, 1.54) is 5.56 Å². The molecule has 4 rings (SSSR count). The summed E-state index contributed by atoms with van der Waals surface area (Å²) in [5.41, 5.74) is 2.30. The highest BCUT2D eigenvalue weighted by molar-refractivity contribution is 6.04. The zero-order chi connectivity index (χ0) is 21.0. The molecule has 0 aromatic carbocycles. The Hall–Kier alpha value is -2.43. The van der Waals surface area contributed by atoms with E-state index in [9.17, 15) is 5.26 Å². The Bertz CT molecular complexity index is 853. The topological polar surface area (TPSA) is 82.8 Å². The Morgan fingerprint density at radius 3 is 2.77 bits per heavy atom. The van der Waals surface area contributed by atoms with Crippen molar-refractivity contribution >= 4 is 17.5 Å². The number of anilines is 2. The van der Waals surface area contributed by atoms with Crippen molar-refractivity contribution in [2.45, 2.75) is 38.5 Å². The average Bonchev–Trinajstić information content (AvgIpc) is 3.26. The van der Waals surface area contributed by atoms with Crippen LogP contribution in [0, 0.1) is 16.7 Å². The highest BCUT2D eigenvalue weighted by Gasteiger charge is 2.46. The number of hydrogen-bond donors (Lipinski definition) is 1. The van der Waals surface area contributed by atoms with E-state index in [2.05, 4.69) is 33.4 Å². The monoisotopic (exact) mass is 409 g/mol. The van der Waals surface area contributed by atoms with Gasteiger partial charge in [0.05, 0.1) is 12.7 Å². The number of rotatable bonds is 5. The smallest absolute Gasteiger partial charge is 0.134 e. The lowest BCUT2D eigenvalue weighted by Crippen LogP contribution is -2.57. The molecule has 0 bridgehead atoms. The van der Waals surface area contributed by atoms with E-state index in [1.54, 1.807) is 13.1 Å². The van der Waals surface area contributed by atoms with Gasteiger partial charge >= 0.3 is 0 Å². The van der Waals surface area contributed by atoms with Crippen LogP contribution >= 0.6 is 0 Å². The highest BCUT2D eigenvalue weighted by atomic mass is 16.5. The molecule has 4 heterocycles. The molecule has 0 unspecified atom stereocenters. The normalized spacial score (nSPS) is 22.1. The van der Waals surface area contributed by atoms with Gasteiger partial charge < -0.3 is 19.7 Å². The molecule has 0 amide bonds. The Kier molecular flexibility index (Phi) is 6.35. The van der Waals surface area contributed by atoms with Crippen molar-refractivity contribution in [3.63, 3.8) is 0 Å². The van der Waals surface area contributed by atoms with Gasteiger partial charge in [-0.2, -0.15) is 5.26 Å². The second kappa shape index (κ2) is 9.15. The molecule has 0 radical (unpaired) electrons. The number of pyridine rings is 1. The minimum absolute atomic E-state index is 0.311. The molecule has 1 N–H and O–H groups in total. The van der Waals surface area contributed by atoms with Crippen LogP contribution in [0.25, 0.3) is 0 Å². The number of allylic oxidation sites excluding steroid dienone is 1. The molecule has 3 saturated heterocycles. The Morgan fingerprint density at radius 2 is 2.13 bits per heavy atom. The maximum absolute atomic E-state index is 9.26. The zero-order valence-electron chi connectivity index (χ0n) is 18.0. The number of nitrogens with one attached hydrogen (secondary N) is 1. The van der Waals surface area contributed by atoms with Crippen LogP contribution in [-0.2, 0) is 9.47 Å². The van der Waals surface area contributed by atoms with Crippen LogP contribution in [0.5, 0.6) is 0 Å². The van der Waals surface area contributed by atoms with Gasteiger partial charge in [0.1, 0.15) is 17.5 Å². The number of nitrogens with zero attached hydrogens (tertiary/aromatic N) is 4. The molecule has 30 heavy (non-hydrogen) atoms. The Balaban J connectivity index is 1.59. The van der Waals surface area contributed by atoms with E-state index in [-0.39, 0.29) is 0 Å². The third-order valence-corrected chi connectivity index (χ3v) is 6.42. The van der Waals surface area contributed by atoms with E-state index >= 15 is 0 Å². The van der Waals surface area contributed by atoms with Gasteiger partial charge in [-0.3, -0.25) is 4.99 Å². The van der Waals surface area contributed by atoms with E-state index in [0.29, 0.717) is 29.2 Å². The highest BCUT2D eigenvalue weighted by Crippen LogP contribution is 2.41. The van der Waals surface area contributed by atoms with E-state index in [0.717, 1.165) is 70.4 Å². The molecule has 0 atom stereocenters. The molecular weight excluding hydrogens is 378 g/mol. The summed E-state index contributed by atoms with van der Waals surface area (Å²) in [6.45, 7) is 7.32. The molecule has 0 saturated carbocycles. The SMILES string of the molecule is CC/C(C#N)=C\C(=NC)Nc1cc(C2CCOCC2)cc(N2CC3(CCOC3)C2)n1. The van der Waals surface area contributed by atoms with Crippen molar-refractivity contribution < 1.29 is 9.47 Å². The summed E-state index contributed by atoms with van der Waals surface area (Å²) >= 11 is 0. The molecule has 7 nitrogen and oxygen atoms in total. The quantitative estimate of drug-likeness (QED) is 0.455. The average molecular weight is 410 g/mol. The molecular formula is C23H31N5O2. The summed E-state index contributed by atoms with van der Waals surface area (Å²) in [5, 5.41) is 12.6. The van der Waals surface area contributed by atoms with Crippen molar-refractivity contribution in [1.29, 1.82) is 5.26 Å². The lowest BCUT2D eigenvalue weighted by molar-refractivity contribution is 0.0853. The molecule has 1 aromatic heterocycles. The fourth-order valence-corrected chi connectivity index (χ4v) is 4.52. The number of aliphatic imine (C=N–C) groups is 1. The fraction of sp³-hybridized carbons (Fsp3) is 0.609. The van der Waals surface area contributed by atoms with Crippen molar-refractivity contribution in [3.8, 4) is 6.07 Å². The van der Waals surface area contributed by atoms with Gasteiger partial charge in [0, 0.05) is 50.9 Å². The zero-order valence-corrected chi connectivity index (χ0v) is 18.0. The third-order valence-electron chi connectivity index (χ3n) is 6.42. The van der Waals surface area contributed by atoms with Crippen molar-refractivity contribution in [2.24, 2.45) is 10.4 Å². The van der Waals surface area contributed by atoms with E-state index < -0.39 is 0 Å². The molecule has 3 fully saturated rings. The van der Waals surface area contributed by atoms with Crippen LogP contribution in [0.3, 0.4) is 0 Å². The molecule has 160 valence electrons. The molecule has 0 aliphatic carbocycles. The van der Waals surface area contributed by atoms with Crippen LogP contribution in [0.15, 0.2) is 28.8 Å². The van der Waals surface area contributed by atoms with Gasteiger partial charge in [0.2, 0.25) is 0 Å². The Labute approximate surface area is 178 Å². The Morgan fingerprint density at radius 1 is 1.33 bits per heavy atom. The molecule has 3 aliphatic heterocycles. The fourth-order valence-electron chi connectivity index (χ4n) is 4.52. The van der Waals surface area contributed by atoms with Crippen LogP contribution in [0.2, 0.25) is 0 Å². The lowest BCUT2D eigenvalue weighted by atomic mass is 9.79. The summed E-state index contributed by atoms with van der Waals surface area (Å²) < 4.78 is 11.2. The second-order valence-electron chi connectivity index (χ2n) is 8.56. The number of hydrogen-bond acceptors (Lipinski definition) is 6.